The first-order valence-corrected chi connectivity index (χ1v) is 11.9. The summed E-state index contributed by atoms with van der Waals surface area (Å²) < 4.78 is 36.4. The number of carbonyl (C=O) groups is 1. The van der Waals surface area contributed by atoms with Gasteiger partial charge in [-0.1, -0.05) is 33.6 Å². The van der Waals surface area contributed by atoms with Gasteiger partial charge in [0.1, 0.15) is 11.5 Å². The van der Waals surface area contributed by atoms with E-state index in [9.17, 15) is 13.2 Å². The minimum absolute atomic E-state index is 0.0941. The van der Waals surface area contributed by atoms with Gasteiger partial charge in [0.2, 0.25) is 0 Å². The van der Waals surface area contributed by atoms with E-state index in [2.05, 4.69) is 25.9 Å². The molecule has 0 aliphatic rings. The van der Waals surface area contributed by atoms with E-state index in [0.29, 0.717) is 28.0 Å². The van der Waals surface area contributed by atoms with Crippen LogP contribution in [-0.4, -0.2) is 27.2 Å². The number of hydrogen-bond acceptors (Lipinski definition) is 6. The van der Waals surface area contributed by atoms with Crippen LogP contribution in [0.25, 0.3) is 0 Å². The van der Waals surface area contributed by atoms with Crippen molar-refractivity contribution in [3.63, 3.8) is 0 Å². The van der Waals surface area contributed by atoms with Crippen LogP contribution in [-0.2, 0) is 10.0 Å². The Morgan fingerprint density at radius 2 is 1.75 bits per heavy atom. The number of sulfonamides is 1. The van der Waals surface area contributed by atoms with Gasteiger partial charge in [-0.15, -0.1) is 0 Å². The van der Waals surface area contributed by atoms with Crippen LogP contribution in [0.4, 0.5) is 0 Å². The summed E-state index contributed by atoms with van der Waals surface area (Å²) in [6.45, 7) is 4.27. The average Bonchev–Trinajstić information content (AvgIpc) is 2.76. The molecule has 0 saturated carbocycles. The van der Waals surface area contributed by atoms with Crippen molar-refractivity contribution in [3.05, 3.63) is 87.9 Å². The second-order valence-electron chi connectivity index (χ2n) is 6.70. The molecule has 0 atom stereocenters. The number of aryl methyl sites for hydroxylation is 1. The minimum Gasteiger partial charge on any atom is -0.494 e. The largest absolute Gasteiger partial charge is 0.494 e. The Morgan fingerprint density at radius 1 is 1.06 bits per heavy atom. The fraction of sp³-hybridized carbons (Fsp3) is 0.130. The van der Waals surface area contributed by atoms with E-state index in [0.717, 1.165) is 5.56 Å². The molecule has 0 bridgehead atoms. The fourth-order valence-electron chi connectivity index (χ4n) is 2.66. The molecule has 0 spiro atoms. The summed E-state index contributed by atoms with van der Waals surface area (Å²) in [7, 11) is -3.82. The number of carbonyl (C=O) groups excluding carboxylic acids is 1. The number of hydrazone groups is 1. The highest BCUT2D eigenvalue weighted by Gasteiger charge is 2.14. The molecule has 0 unspecified atom stereocenters. The van der Waals surface area contributed by atoms with Crippen LogP contribution in [0, 0.1) is 6.92 Å². The maximum atomic E-state index is 12.5. The van der Waals surface area contributed by atoms with Gasteiger partial charge in [0.25, 0.3) is 10.0 Å². The highest BCUT2D eigenvalue weighted by atomic mass is 79.9. The topological polar surface area (TPSA) is 94.1 Å². The van der Waals surface area contributed by atoms with Crippen molar-refractivity contribution in [1.29, 1.82) is 0 Å². The first-order valence-electron chi connectivity index (χ1n) is 9.64. The summed E-state index contributed by atoms with van der Waals surface area (Å²) in [5.74, 6) is 0.317. The van der Waals surface area contributed by atoms with Crippen molar-refractivity contribution >= 4 is 38.1 Å². The zero-order valence-corrected chi connectivity index (χ0v) is 19.8. The van der Waals surface area contributed by atoms with E-state index in [4.69, 9.17) is 9.47 Å². The number of ether oxygens (including phenoxy) is 2. The number of benzene rings is 3. The lowest BCUT2D eigenvalue weighted by Gasteiger charge is -2.09. The summed E-state index contributed by atoms with van der Waals surface area (Å²) in [4.78, 5) is 14.8. The molecule has 0 aliphatic carbocycles. The van der Waals surface area contributed by atoms with Crippen molar-refractivity contribution in [2.75, 3.05) is 6.61 Å². The predicted molar refractivity (Wildman–Crippen MR) is 126 cm³/mol. The van der Waals surface area contributed by atoms with Crippen LogP contribution >= 0.6 is 15.9 Å². The van der Waals surface area contributed by atoms with Crippen LogP contribution in [0.2, 0.25) is 0 Å². The molecule has 0 fully saturated rings. The number of esters is 1. The molecule has 166 valence electrons. The van der Waals surface area contributed by atoms with Crippen molar-refractivity contribution in [3.8, 4) is 11.5 Å². The molecule has 9 heteroatoms. The van der Waals surface area contributed by atoms with E-state index in [1.54, 1.807) is 54.6 Å². The molecule has 1 N–H and O–H groups in total. The molecule has 0 aliphatic heterocycles. The zero-order chi connectivity index (χ0) is 23.1. The Hall–Kier alpha value is -3.17. The zero-order valence-electron chi connectivity index (χ0n) is 17.4. The second-order valence-corrected chi connectivity index (χ2v) is 9.27. The summed E-state index contributed by atoms with van der Waals surface area (Å²) in [6, 6.07) is 17.9. The molecule has 7 nitrogen and oxygen atoms in total. The van der Waals surface area contributed by atoms with Gasteiger partial charge in [-0.3, -0.25) is 0 Å². The maximum absolute atomic E-state index is 12.5. The van der Waals surface area contributed by atoms with Gasteiger partial charge in [0, 0.05) is 10.0 Å². The van der Waals surface area contributed by atoms with Crippen molar-refractivity contribution in [1.82, 2.24) is 4.83 Å². The van der Waals surface area contributed by atoms with Crippen LogP contribution in [0.1, 0.15) is 28.4 Å². The third-order valence-corrected chi connectivity index (χ3v) is 6.02. The lowest BCUT2D eigenvalue weighted by Crippen LogP contribution is -2.18. The molecule has 0 heterocycles. The van der Waals surface area contributed by atoms with Gasteiger partial charge in [0.05, 0.1) is 23.3 Å². The molecule has 0 aromatic heterocycles. The van der Waals surface area contributed by atoms with Crippen LogP contribution < -0.4 is 14.3 Å². The molecule has 3 rings (SSSR count). The standard InChI is InChI=1S/C23H21BrN2O5S/c1-3-30-20-9-6-17(7-10-20)23(27)31-22-13-8-19(24)14-18(22)15-25-26-32(28,29)21-11-4-16(2)5-12-21/h4-15,26H,3H2,1-2H3/b25-15+. The number of hydrogen-bond donors (Lipinski definition) is 1. The number of nitrogens with zero attached hydrogens (tertiary/aromatic N) is 1. The van der Waals surface area contributed by atoms with E-state index in [-0.39, 0.29) is 10.6 Å². The molecule has 3 aromatic carbocycles. The fourth-order valence-corrected chi connectivity index (χ4v) is 3.83. The van der Waals surface area contributed by atoms with Gasteiger partial charge < -0.3 is 9.47 Å². The van der Waals surface area contributed by atoms with Gasteiger partial charge >= 0.3 is 5.97 Å². The summed E-state index contributed by atoms with van der Waals surface area (Å²) in [6.07, 6.45) is 1.28. The van der Waals surface area contributed by atoms with E-state index < -0.39 is 16.0 Å². The third-order valence-electron chi connectivity index (χ3n) is 4.28. The molecule has 0 saturated heterocycles. The SMILES string of the molecule is CCOc1ccc(C(=O)Oc2ccc(Br)cc2/C=N/NS(=O)(=O)c2ccc(C)cc2)cc1. The van der Waals surface area contributed by atoms with Crippen LogP contribution in [0.3, 0.4) is 0 Å². The van der Waals surface area contributed by atoms with Gasteiger partial charge in [-0.05, 0) is 68.4 Å². The van der Waals surface area contributed by atoms with E-state index >= 15 is 0 Å². The number of halogens is 1. The quantitative estimate of drug-likeness (QED) is 0.203. The monoisotopic (exact) mass is 516 g/mol. The highest BCUT2D eigenvalue weighted by Crippen LogP contribution is 2.23. The third kappa shape index (κ3) is 6.18. The predicted octanol–water partition coefficient (Wildman–Crippen LogP) is 4.69. The molecular formula is C23H21BrN2O5S. The van der Waals surface area contributed by atoms with Crippen molar-refractivity contribution in [2.24, 2.45) is 5.10 Å². The normalized spacial score (nSPS) is 11.3. The molecule has 0 amide bonds. The lowest BCUT2D eigenvalue weighted by atomic mass is 10.2. The Labute approximate surface area is 195 Å². The average molecular weight is 517 g/mol. The summed E-state index contributed by atoms with van der Waals surface area (Å²) in [5.41, 5.74) is 1.70. The first kappa shape index (κ1) is 23.5. The maximum Gasteiger partial charge on any atom is 0.343 e. The second kappa shape index (κ2) is 10.4. The molecule has 32 heavy (non-hydrogen) atoms. The Morgan fingerprint density at radius 3 is 2.41 bits per heavy atom. The smallest absolute Gasteiger partial charge is 0.343 e. The Kier molecular flexibility index (Phi) is 7.66. The first-order chi connectivity index (χ1) is 15.3. The van der Waals surface area contributed by atoms with Gasteiger partial charge in [-0.25, -0.2) is 9.63 Å². The van der Waals surface area contributed by atoms with Crippen molar-refractivity contribution in [2.45, 2.75) is 18.7 Å². The molecule has 0 radical (unpaired) electrons. The minimum atomic E-state index is -3.82. The molecular weight excluding hydrogens is 496 g/mol. The van der Waals surface area contributed by atoms with Crippen LogP contribution in [0.15, 0.2) is 81.2 Å². The molecule has 3 aromatic rings. The summed E-state index contributed by atoms with van der Waals surface area (Å²) >= 11 is 3.35. The highest BCUT2D eigenvalue weighted by molar-refractivity contribution is 9.10. The Balaban J connectivity index is 1.75. The van der Waals surface area contributed by atoms with E-state index in [1.807, 2.05) is 13.8 Å². The van der Waals surface area contributed by atoms with Gasteiger partial charge in [-0.2, -0.15) is 13.5 Å². The van der Waals surface area contributed by atoms with Gasteiger partial charge in [0.15, 0.2) is 0 Å². The van der Waals surface area contributed by atoms with Crippen molar-refractivity contribution < 1.29 is 22.7 Å². The van der Waals surface area contributed by atoms with E-state index in [1.165, 1.54) is 18.3 Å². The number of rotatable bonds is 8. The summed E-state index contributed by atoms with van der Waals surface area (Å²) in [5, 5.41) is 3.83. The lowest BCUT2D eigenvalue weighted by molar-refractivity contribution is 0.0734. The van der Waals surface area contributed by atoms with Crippen LogP contribution in [0.5, 0.6) is 11.5 Å². The Bertz CT molecular complexity index is 1220. The number of nitrogens with one attached hydrogen (secondary N) is 1.